The number of benzene rings is 1. The second-order valence-electron chi connectivity index (χ2n) is 5.08. The van der Waals surface area contributed by atoms with Gasteiger partial charge in [0.05, 0.1) is 24.5 Å². The van der Waals surface area contributed by atoms with Gasteiger partial charge in [0.1, 0.15) is 17.1 Å². The van der Waals surface area contributed by atoms with Gasteiger partial charge in [-0.25, -0.2) is 4.98 Å². The predicted molar refractivity (Wildman–Crippen MR) is 88.7 cm³/mol. The van der Waals surface area contributed by atoms with Gasteiger partial charge in [-0.2, -0.15) is 11.3 Å². The minimum absolute atomic E-state index is 0.152. The topological polar surface area (TPSA) is 27.1 Å². The van der Waals surface area contributed by atoms with Crippen LogP contribution in [0.1, 0.15) is 29.3 Å². The first kappa shape index (κ1) is 14.4. The van der Waals surface area contributed by atoms with Gasteiger partial charge in [0.2, 0.25) is 0 Å². The Hall–Kier alpha value is -1.52. The minimum atomic E-state index is -0.152. The molecule has 1 atom stereocenters. The zero-order valence-corrected chi connectivity index (χ0v) is 13.8. The van der Waals surface area contributed by atoms with Crippen molar-refractivity contribution < 1.29 is 4.74 Å². The molecule has 3 nitrogen and oxygen atoms in total. The Balaban J connectivity index is 2.19. The monoisotopic (exact) mass is 320 g/mol. The third kappa shape index (κ3) is 2.54. The molecule has 0 aliphatic rings. The normalized spacial score (nSPS) is 12.8. The van der Waals surface area contributed by atoms with E-state index in [4.69, 9.17) is 21.3 Å². The molecule has 0 N–H and O–H groups in total. The Morgan fingerprint density at radius 3 is 2.81 bits per heavy atom. The molecule has 0 aliphatic heterocycles. The number of para-hydroxylation sites is 1. The summed E-state index contributed by atoms with van der Waals surface area (Å²) in [4.78, 5) is 4.70. The van der Waals surface area contributed by atoms with Gasteiger partial charge in [-0.1, -0.05) is 6.07 Å². The van der Waals surface area contributed by atoms with Crippen molar-refractivity contribution in [2.75, 3.05) is 7.11 Å². The number of hydrogen-bond donors (Lipinski definition) is 0. The van der Waals surface area contributed by atoms with Crippen molar-refractivity contribution in [3.63, 3.8) is 0 Å². The number of fused-ring (bicyclic) bond motifs is 1. The van der Waals surface area contributed by atoms with Crippen LogP contribution in [0.3, 0.4) is 0 Å². The molecule has 0 saturated carbocycles. The Kier molecular flexibility index (Phi) is 3.91. The average Bonchev–Trinajstić information content (AvgIpc) is 3.04. The molecule has 0 bridgehead atoms. The molecule has 0 radical (unpaired) electrons. The number of thiophene rings is 1. The van der Waals surface area contributed by atoms with Gasteiger partial charge in [0.25, 0.3) is 0 Å². The van der Waals surface area contributed by atoms with E-state index in [1.54, 1.807) is 18.4 Å². The van der Waals surface area contributed by atoms with Gasteiger partial charge in [0, 0.05) is 0 Å². The van der Waals surface area contributed by atoms with Crippen molar-refractivity contribution in [2.24, 2.45) is 0 Å². The fourth-order valence-corrected chi connectivity index (χ4v) is 3.51. The van der Waals surface area contributed by atoms with Crippen LogP contribution in [0.15, 0.2) is 29.0 Å². The van der Waals surface area contributed by atoms with E-state index in [0.717, 1.165) is 29.2 Å². The number of methoxy groups -OCH3 is 1. The van der Waals surface area contributed by atoms with Crippen LogP contribution in [0, 0.1) is 6.92 Å². The van der Waals surface area contributed by atoms with Crippen LogP contribution in [-0.4, -0.2) is 16.7 Å². The Morgan fingerprint density at radius 2 is 2.19 bits per heavy atom. The van der Waals surface area contributed by atoms with Crippen LogP contribution in [-0.2, 0) is 6.54 Å². The first-order valence-electron chi connectivity index (χ1n) is 6.80. The van der Waals surface area contributed by atoms with Crippen molar-refractivity contribution in [1.82, 2.24) is 9.55 Å². The van der Waals surface area contributed by atoms with E-state index in [1.165, 1.54) is 11.1 Å². The Bertz CT molecular complexity index is 776. The first-order valence-corrected chi connectivity index (χ1v) is 8.18. The average molecular weight is 321 g/mol. The maximum absolute atomic E-state index is 6.33. The maximum Gasteiger partial charge on any atom is 0.146 e. The lowest BCUT2D eigenvalue weighted by Crippen LogP contribution is -2.05. The van der Waals surface area contributed by atoms with Crippen molar-refractivity contribution >= 4 is 34.0 Å². The summed E-state index contributed by atoms with van der Waals surface area (Å²) in [6, 6.07) is 5.98. The molecule has 3 rings (SSSR count). The highest BCUT2D eigenvalue weighted by molar-refractivity contribution is 7.08. The summed E-state index contributed by atoms with van der Waals surface area (Å²) in [6.45, 7) is 4.87. The van der Waals surface area contributed by atoms with E-state index in [1.807, 2.05) is 19.1 Å². The quantitative estimate of drug-likeness (QED) is 0.648. The lowest BCUT2D eigenvalue weighted by Gasteiger charge is -2.10. The summed E-state index contributed by atoms with van der Waals surface area (Å²) in [5.74, 6) is 1.66. The molecule has 2 aromatic heterocycles. The molecule has 0 fully saturated rings. The number of nitrogens with zero attached hydrogens (tertiary/aromatic N) is 2. The molecule has 5 heteroatoms. The van der Waals surface area contributed by atoms with Gasteiger partial charge >= 0.3 is 0 Å². The van der Waals surface area contributed by atoms with Crippen molar-refractivity contribution in [3.8, 4) is 5.75 Å². The second kappa shape index (κ2) is 5.70. The predicted octanol–water partition coefficient (Wildman–Crippen LogP) is 4.76. The molecular formula is C16H17ClN2OS. The summed E-state index contributed by atoms with van der Waals surface area (Å²) in [5.41, 5.74) is 4.54. The van der Waals surface area contributed by atoms with E-state index >= 15 is 0 Å². The molecule has 110 valence electrons. The molecule has 2 heterocycles. The molecular weight excluding hydrogens is 304 g/mol. The molecule has 0 aliphatic carbocycles. The zero-order valence-electron chi connectivity index (χ0n) is 12.3. The molecule has 0 saturated heterocycles. The Labute approximate surface area is 133 Å². The molecule has 1 aromatic carbocycles. The molecule has 1 unspecified atom stereocenters. The third-order valence-electron chi connectivity index (χ3n) is 3.64. The largest absolute Gasteiger partial charge is 0.494 e. The minimum Gasteiger partial charge on any atom is -0.494 e. The van der Waals surface area contributed by atoms with Crippen LogP contribution in [0.4, 0.5) is 0 Å². The summed E-state index contributed by atoms with van der Waals surface area (Å²) in [7, 11) is 1.67. The van der Waals surface area contributed by atoms with E-state index in [9.17, 15) is 0 Å². The maximum atomic E-state index is 6.33. The number of aromatic nitrogens is 2. The Morgan fingerprint density at radius 1 is 1.38 bits per heavy atom. The number of ether oxygens (including phenoxy) is 1. The second-order valence-corrected chi connectivity index (χ2v) is 6.48. The highest BCUT2D eigenvalue weighted by atomic mass is 35.5. The van der Waals surface area contributed by atoms with Crippen LogP contribution < -0.4 is 4.74 Å². The number of alkyl halides is 1. The van der Waals surface area contributed by atoms with E-state index in [-0.39, 0.29) is 5.38 Å². The number of hydrogen-bond acceptors (Lipinski definition) is 3. The zero-order chi connectivity index (χ0) is 15.0. The number of imidazole rings is 1. The number of halogens is 1. The summed E-state index contributed by atoms with van der Waals surface area (Å²) in [5, 5.41) is 4.20. The van der Waals surface area contributed by atoms with Gasteiger partial charge in [-0.15, -0.1) is 11.6 Å². The van der Waals surface area contributed by atoms with E-state index in [2.05, 4.69) is 28.3 Å². The fourth-order valence-electron chi connectivity index (χ4n) is 2.49. The standard InChI is InChI=1S/C16H17ClN2OS/c1-10-8-21-9-12(10)7-19-13-5-4-6-14(20-3)15(13)18-16(19)11(2)17/h4-6,8-9,11H,7H2,1-3H3. The number of rotatable bonds is 4. The number of aryl methyl sites for hydroxylation is 1. The van der Waals surface area contributed by atoms with Crippen LogP contribution in [0.5, 0.6) is 5.75 Å². The van der Waals surface area contributed by atoms with Gasteiger partial charge in [0.15, 0.2) is 0 Å². The molecule has 0 spiro atoms. The van der Waals surface area contributed by atoms with Crippen LogP contribution in [0.2, 0.25) is 0 Å². The van der Waals surface area contributed by atoms with Crippen molar-refractivity contribution in [1.29, 1.82) is 0 Å². The van der Waals surface area contributed by atoms with Crippen LogP contribution >= 0.6 is 22.9 Å². The summed E-state index contributed by atoms with van der Waals surface area (Å²) in [6.07, 6.45) is 0. The van der Waals surface area contributed by atoms with Gasteiger partial charge in [-0.3, -0.25) is 0 Å². The molecule has 21 heavy (non-hydrogen) atoms. The molecule has 0 amide bonds. The SMILES string of the molecule is COc1cccc2c1nc(C(C)Cl)n2Cc1cscc1C. The van der Waals surface area contributed by atoms with Gasteiger partial charge in [-0.05, 0) is 47.9 Å². The van der Waals surface area contributed by atoms with Gasteiger partial charge < -0.3 is 9.30 Å². The summed E-state index contributed by atoms with van der Waals surface area (Å²) >= 11 is 8.06. The van der Waals surface area contributed by atoms with E-state index in [0.29, 0.717) is 0 Å². The molecule has 3 aromatic rings. The van der Waals surface area contributed by atoms with Crippen molar-refractivity contribution in [2.45, 2.75) is 25.8 Å². The highest BCUT2D eigenvalue weighted by Crippen LogP contribution is 2.31. The van der Waals surface area contributed by atoms with Crippen molar-refractivity contribution in [3.05, 3.63) is 45.9 Å². The third-order valence-corrected chi connectivity index (χ3v) is 4.74. The summed E-state index contributed by atoms with van der Waals surface area (Å²) < 4.78 is 7.60. The van der Waals surface area contributed by atoms with Crippen LogP contribution in [0.25, 0.3) is 11.0 Å². The highest BCUT2D eigenvalue weighted by Gasteiger charge is 2.18. The lowest BCUT2D eigenvalue weighted by atomic mass is 10.2. The smallest absolute Gasteiger partial charge is 0.146 e. The fraction of sp³-hybridized carbons (Fsp3) is 0.312. The first-order chi connectivity index (χ1) is 10.1. The lowest BCUT2D eigenvalue weighted by molar-refractivity contribution is 0.419. The van der Waals surface area contributed by atoms with E-state index < -0.39 is 0 Å².